The van der Waals surface area contributed by atoms with Gasteiger partial charge in [0.15, 0.2) is 0 Å². The Morgan fingerprint density at radius 3 is 2.54 bits per heavy atom. The molecule has 0 aliphatic rings. The molecule has 0 aliphatic heterocycles. The van der Waals surface area contributed by atoms with Crippen LogP contribution in [0.15, 0.2) is 35.5 Å². The molecule has 0 saturated carbocycles. The van der Waals surface area contributed by atoms with E-state index in [1.807, 2.05) is 18.2 Å². The third kappa shape index (κ3) is 2.76. The Morgan fingerprint density at radius 1 is 1.38 bits per heavy atom. The maximum absolute atomic E-state index is 9.55. The summed E-state index contributed by atoms with van der Waals surface area (Å²) in [5.41, 5.74) is 6.01. The largest absolute Gasteiger partial charge is 0.409 e. The fourth-order valence-electron chi connectivity index (χ4n) is 1.03. The number of benzene rings is 1. The molecule has 0 fully saturated rings. The van der Waals surface area contributed by atoms with Crippen molar-refractivity contribution in [1.29, 1.82) is 0 Å². The van der Waals surface area contributed by atoms with Crippen LogP contribution in [0.4, 0.5) is 0 Å². The number of rotatable bonds is 3. The summed E-state index contributed by atoms with van der Waals surface area (Å²) in [5.74, 6) is 0.0244. The highest BCUT2D eigenvalue weighted by atomic mass is 16.4. The van der Waals surface area contributed by atoms with Crippen molar-refractivity contribution in [3.05, 3.63) is 35.9 Å². The average molecular weight is 180 g/mol. The Balaban J connectivity index is 2.64. The zero-order chi connectivity index (χ0) is 9.68. The maximum Gasteiger partial charge on any atom is 0.142 e. The Labute approximate surface area is 76.3 Å². The number of aliphatic hydroxyl groups excluding tert-OH is 1. The summed E-state index contributed by atoms with van der Waals surface area (Å²) >= 11 is 0. The number of hydrogen-bond donors (Lipinski definition) is 3. The summed E-state index contributed by atoms with van der Waals surface area (Å²) in [6, 6.07) is 9.08. The lowest BCUT2D eigenvalue weighted by atomic mass is 10.1. The van der Waals surface area contributed by atoms with Crippen LogP contribution >= 0.6 is 0 Å². The van der Waals surface area contributed by atoms with E-state index in [0.29, 0.717) is 0 Å². The molecule has 13 heavy (non-hydrogen) atoms. The maximum atomic E-state index is 9.55. The van der Waals surface area contributed by atoms with Gasteiger partial charge in [-0.3, -0.25) is 0 Å². The third-order valence-corrected chi connectivity index (χ3v) is 1.72. The molecule has 4 heteroatoms. The number of aliphatic hydroxyl groups is 1. The van der Waals surface area contributed by atoms with Gasteiger partial charge >= 0.3 is 0 Å². The molecule has 0 radical (unpaired) electrons. The fraction of sp³-hybridized carbons (Fsp3) is 0.222. The molecule has 0 spiro atoms. The highest BCUT2D eigenvalue weighted by Gasteiger charge is 2.08. The molecule has 4 nitrogen and oxygen atoms in total. The molecule has 4 N–H and O–H groups in total. The molecule has 0 aromatic heterocycles. The monoisotopic (exact) mass is 180 g/mol. The summed E-state index contributed by atoms with van der Waals surface area (Å²) < 4.78 is 0. The molecular formula is C9H12N2O2. The molecular weight excluding hydrogens is 168 g/mol. The highest BCUT2D eigenvalue weighted by molar-refractivity contribution is 5.80. The molecule has 0 amide bonds. The van der Waals surface area contributed by atoms with E-state index in [-0.39, 0.29) is 12.3 Å². The van der Waals surface area contributed by atoms with Gasteiger partial charge in [-0.2, -0.15) is 0 Å². The minimum Gasteiger partial charge on any atom is -0.409 e. The van der Waals surface area contributed by atoms with Crippen LogP contribution in [0.25, 0.3) is 0 Å². The van der Waals surface area contributed by atoms with Gasteiger partial charge in [0.25, 0.3) is 0 Å². The van der Waals surface area contributed by atoms with Gasteiger partial charge in [-0.05, 0) is 5.56 Å². The van der Waals surface area contributed by atoms with E-state index >= 15 is 0 Å². The number of oxime groups is 1. The van der Waals surface area contributed by atoms with Gasteiger partial charge in [-0.25, -0.2) is 0 Å². The zero-order valence-electron chi connectivity index (χ0n) is 7.09. The Hall–Kier alpha value is -1.55. The van der Waals surface area contributed by atoms with E-state index in [1.54, 1.807) is 12.1 Å². The zero-order valence-corrected chi connectivity index (χ0v) is 7.09. The second-order valence-corrected chi connectivity index (χ2v) is 2.72. The van der Waals surface area contributed by atoms with Crippen LogP contribution < -0.4 is 5.73 Å². The summed E-state index contributed by atoms with van der Waals surface area (Å²) in [5, 5.41) is 20.6. The molecule has 1 aromatic carbocycles. The van der Waals surface area contributed by atoms with E-state index in [9.17, 15) is 5.11 Å². The molecule has 0 aliphatic carbocycles. The van der Waals surface area contributed by atoms with Gasteiger partial charge in [0.1, 0.15) is 5.84 Å². The van der Waals surface area contributed by atoms with Gasteiger partial charge < -0.3 is 16.0 Å². The molecule has 1 aromatic rings. The van der Waals surface area contributed by atoms with Crippen LogP contribution in [0.2, 0.25) is 0 Å². The van der Waals surface area contributed by atoms with Crippen molar-refractivity contribution in [3.63, 3.8) is 0 Å². The number of nitrogens with two attached hydrogens (primary N) is 1. The normalized spacial score (nSPS) is 14.1. The lowest BCUT2D eigenvalue weighted by molar-refractivity contribution is 0.184. The SMILES string of the molecule is N/C(CC(O)c1ccccc1)=N\O. The standard InChI is InChI=1S/C9H12N2O2/c10-9(11-13)6-8(12)7-4-2-1-3-5-7/h1-5,8,12-13H,6H2,(H2,10,11). The van der Waals surface area contributed by atoms with Crippen molar-refractivity contribution in [1.82, 2.24) is 0 Å². The lowest BCUT2D eigenvalue weighted by Gasteiger charge is -2.08. The van der Waals surface area contributed by atoms with Crippen LogP contribution in [-0.2, 0) is 0 Å². The topological polar surface area (TPSA) is 78.8 Å². The van der Waals surface area contributed by atoms with Gasteiger partial charge in [0.05, 0.1) is 6.10 Å². The Kier molecular flexibility index (Phi) is 3.28. The second kappa shape index (κ2) is 4.47. The van der Waals surface area contributed by atoms with E-state index < -0.39 is 6.10 Å². The molecule has 70 valence electrons. The predicted molar refractivity (Wildman–Crippen MR) is 49.4 cm³/mol. The first-order valence-electron chi connectivity index (χ1n) is 3.93. The van der Waals surface area contributed by atoms with Crippen LogP contribution in [0, 0.1) is 0 Å². The van der Waals surface area contributed by atoms with Gasteiger partial charge in [0.2, 0.25) is 0 Å². The van der Waals surface area contributed by atoms with Crippen molar-refractivity contribution >= 4 is 5.84 Å². The molecule has 1 unspecified atom stereocenters. The first kappa shape index (κ1) is 9.54. The molecule has 1 atom stereocenters. The predicted octanol–water partition coefficient (Wildman–Crippen LogP) is 0.857. The fourth-order valence-corrected chi connectivity index (χ4v) is 1.03. The van der Waals surface area contributed by atoms with Crippen LogP contribution in [0.3, 0.4) is 0 Å². The Bertz CT molecular complexity index is 285. The van der Waals surface area contributed by atoms with Gasteiger partial charge in [-0.1, -0.05) is 35.5 Å². The summed E-state index contributed by atoms with van der Waals surface area (Å²) in [7, 11) is 0. The molecule has 0 saturated heterocycles. The quantitative estimate of drug-likeness (QED) is 0.279. The lowest BCUT2D eigenvalue weighted by Crippen LogP contribution is -2.15. The van der Waals surface area contributed by atoms with Crippen molar-refractivity contribution in [3.8, 4) is 0 Å². The first-order chi connectivity index (χ1) is 6.24. The molecule has 0 heterocycles. The summed E-state index contributed by atoms with van der Waals surface area (Å²) in [4.78, 5) is 0. The van der Waals surface area contributed by atoms with Crippen molar-refractivity contribution < 1.29 is 10.3 Å². The molecule has 1 rings (SSSR count). The van der Waals surface area contributed by atoms with Crippen molar-refractivity contribution in [2.45, 2.75) is 12.5 Å². The summed E-state index contributed by atoms with van der Waals surface area (Å²) in [6.45, 7) is 0. The number of hydrogen-bond acceptors (Lipinski definition) is 3. The second-order valence-electron chi connectivity index (χ2n) is 2.72. The van der Waals surface area contributed by atoms with Crippen LogP contribution in [-0.4, -0.2) is 16.1 Å². The van der Waals surface area contributed by atoms with Crippen molar-refractivity contribution in [2.24, 2.45) is 10.9 Å². The van der Waals surface area contributed by atoms with E-state index in [2.05, 4.69) is 5.16 Å². The number of nitrogens with zero attached hydrogens (tertiary/aromatic N) is 1. The van der Waals surface area contributed by atoms with E-state index in [4.69, 9.17) is 10.9 Å². The molecule has 0 bridgehead atoms. The minimum absolute atomic E-state index is 0.0244. The number of amidine groups is 1. The van der Waals surface area contributed by atoms with Crippen molar-refractivity contribution in [2.75, 3.05) is 0 Å². The average Bonchev–Trinajstić information content (AvgIpc) is 2.19. The highest BCUT2D eigenvalue weighted by Crippen LogP contribution is 2.15. The third-order valence-electron chi connectivity index (χ3n) is 1.72. The Morgan fingerprint density at radius 2 is 2.00 bits per heavy atom. The van der Waals surface area contributed by atoms with E-state index in [0.717, 1.165) is 5.56 Å². The van der Waals surface area contributed by atoms with Crippen LogP contribution in [0.5, 0.6) is 0 Å². The smallest absolute Gasteiger partial charge is 0.142 e. The van der Waals surface area contributed by atoms with Gasteiger partial charge in [-0.15, -0.1) is 0 Å². The summed E-state index contributed by atoms with van der Waals surface area (Å²) in [6.07, 6.45) is -0.572. The van der Waals surface area contributed by atoms with E-state index in [1.165, 1.54) is 0 Å². The van der Waals surface area contributed by atoms with Gasteiger partial charge in [0, 0.05) is 6.42 Å². The first-order valence-corrected chi connectivity index (χ1v) is 3.93. The van der Waals surface area contributed by atoms with Crippen LogP contribution in [0.1, 0.15) is 18.1 Å². The minimum atomic E-state index is -0.711.